The summed E-state index contributed by atoms with van der Waals surface area (Å²) in [6.07, 6.45) is 0. The van der Waals surface area contributed by atoms with Crippen molar-refractivity contribution in [3.63, 3.8) is 0 Å². The first-order valence-electron chi connectivity index (χ1n) is 4.49. The summed E-state index contributed by atoms with van der Waals surface area (Å²) in [5.74, 6) is -0.311. The minimum atomic E-state index is -0.311. The normalized spacial score (nSPS) is 8.69. The van der Waals surface area contributed by atoms with Gasteiger partial charge in [0.25, 0.3) is 5.91 Å². The summed E-state index contributed by atoms with van der Waals surface area (Å²) in [6.45, 7) is 5.09. The molecule has 0 heterocycles. The Balaban J connectivity index is 3.03. The fourth-order valence-corrected chi connectivity index (χ4v) is 1.05. The van der Waals surface area contributed by atoms with Crippen molar-refractivity contribution in [3.05, 3.63) is 41.5 Å². The van der Waals surface area contributed by atoms with Gasteiger partial charge in [0.2, 0.25) is 0 Å². The first-order chi connectivity index (χ1) is 7.58. The minimum Gasteiger partial charge on any atom is -0.322 e. The molecule has 0 bridgehead atoms. The molecule has 0 saturated heterocycles. The summed E-state index contributed by atoms with van der Waals surface area (Å²) < 4.78 is 0. The van der Waals surface area contributed by atoms with Gasteiger partial charge in [0.15, 0.2) is 0 Å². The van der Waals surface area contributed by atoms with Gasteiger partial charge >= 0.3 is 0 Å². The molecule has 0 aromatic heterocycles. The maximum atomic E-state index is 11.3. The van der Waals surface area contributed by atoms with E-state index in [0.29, 0.717) is 11.3 Å². The summed E-state index contributed by atoms with van der Waals surface area (Å²) in [5, 5.41) is 20.1. The van der Waals surface area contributed by atoms with E-state index in [0.717, 1.165) is 0 Å². The highest BCUT2D eigenvalue weighted by atomic mass is 16.1. The molecule has 0 aliphatic carbocycles. The number of hydrogen-bond donors (Lipinski definition) is 1. The summed E-state index contributed by atoms with van der Waals surface area (Å²) in [5.41, 5.74) is 1.38. The fourth-order valence-electron chi connectivity index (χ4n) is 1.05. The van der Waals surface area contributed by atoms with Gasteiger partial charge < -0.3 is 5.32 Å². The van der Waals surface area contributed by atoms with E-state index in [1.807, 2.05) is 12.1 Å². The van der Waals surface area contributed by atoms with Gasteiger partial charge in [-0.25, -0.2) is 0 Å². The number of anilines is 1. The number of amides is 1. The molecular formula is C12H9N3O. The van der Waals surface area contributed by atoms with Crippen LogP contribution in [0, 0.1) is 22.7 Å². The maximum Gasteiger partial charge on any atom is 0.250 e. The smallest absolute Gasteiger partial charge is 0.250 e. The van der Waals surface area contributed by atoms with E-state index in [2.05, 4.69) is 11.9 Å². The molecule has 1 aromatic rings. The van der Waals surface area contributed by atoms with Gasteiger partial charge in [-0.15, -0.1) is 0 Å². The average molecular weight is 211 g/mol. The number of rotatable bonds is 2. The Bertz CT molecular complexity index is 532. The van der Waals surface area contributed by atoms with E-state index >= 15 is 0 Å². The van der Waals surface area contributed by atoms with Crippen LogP contribution in [0.2, 0.25) is 0 Å². The van der Waals surface area contributed by atoms with Crippen molar-refractivity contribution in [2.45, 2.75) is 6.92 Å². The molecule has 0 unspecified atom stereocenters. The Labute approximate surface area is 93.4 Å². The minimum absolute atomic E-state index is 0.238. The van der Waals surface area contributed by atoms with Crippen molar-refractivity contribution in [2.24, 2.45) is 0 Å². The first-order valence-corrected chi connectivity index (χ1v) is 4.49. The van der Waals surface area contributed by atoms with Crippen LogP contribution in [0.15, 0.2) is 30.4 Å². The lowest BCUT2D eigenvalue weighted by molar-refractivity contribution is -0.112. The summed E-state index contributed by atoms with van der Waals surface area (Å²) in [6, 6.07) is 8.31. The third-order valence-corrected chi connectivity index (χ3v) is 1.91. The molecule has 0 spiro atoms. The van der Waals surface area contributed by atoms with Crippen LogP contribution >= 0.6 is 0 Å². The third kappa shape index (κ3) is 2.46. The highest BCUT2D eigenvalue weighted by Crippen LogP contribution is 2.15. The summed E-state index contributed by atoms with van der Waals surface area (Å²) in [4.78, 5) is 11.3. The predicted molar refractivity (Wildman–Crippen MR) is 59.3 cm³/mol. The number of carbonyl (C=O) groups excluding carboxylic acids is 1. The van der Waals surface area contributed by atoms with Gasteiger partial charge in [-0.05, 0) is 25.1 Å². The second-order valence-electron chi connectivity index (χ2n) is 3.22. The Morgan fingerprint density at radius 2 is 1.94 bits per heavy atom. The predicted octanol–water partition coefficient (Wildman–Crippen LogP) is 1.94. The molecule has 78 valence electrons. The standard InChI is InChI=1S/C12H9N3O/c1-8(2)12(16)15-11-4-3-9(6-13)10(5-11)7-14/h3-5H,1H2,2H3,(H,15,16). The molecule has 1 rings (SSSR count). The molecule has 0 atom stereocenters. The molecule has 0 aliphatic rings. The van der Waals surface area contributed by atoms with E-state index in [-0.39, 0.29) is 17.0 Å². The number of nitriles is 2. The number of nitrogens with zero attached hydrogens (tertiary/aromatic N) is 2. The highest BCUT2D eigenvalue weighted by Gasteiger charge is 2.06. The Hall–Kier alpha value is -2.59. The largest absolute Gasteiger partial charge is 0.322 e. The van der Waals surface area contributed by atoms with Crippen LogP contribution in [-0.2, 0) is 4.79 Å². The lowest BCUT2D eigenvalue weighted by Crippen LogP contribution is -2.11. The van der Waals surface area contributed by atoms with Crippen LogP contribution in [0.1, 0.15) is 18.1 Å². The summed E-state index contributed by atoms with van der Waals surface area (Å²) >= 11 is 0. The van der Waals surface area contributed by atoms with Crippen LogP contribution in [0.5, 0.6) is 0 Å². The average Bonchev–Trinajstić information content (AvgIpc) is 2.28. The molecule has 0 radical (unpaired) electrons. The van der Waals surface area contributed by atoms with Crippen molar-refractivity contribution in [3.8, 4) is 12.1 Å². The Morgan fingerprint density at radius 1 is 1.31 bits per heavy atom. The van der Waals surface area contributed by atoms with Crippen molar-refractivity contribution < 1.29 is 4.79 Å². The molecule has 1 aromatic carbocycles. The van der Waals surface area contributed by atoms with Crippen molar-refractivity contribution in [1.29, 1.82) is 10.5 Å². The fraction of sp³-hybridized carbons (Fsp3) is 0.0833. The zero-order chi connectivity index (χ0) is 12.1. The van der Waals surface area contributed by atoms with E-state index in [1.165, 1.54) is 12.1 Å². The zero-order valence-corrected chi connectivity index (χ0v) is 8.74. The van der Waals surface area contributed by atoms with Crippen LogP contribution in [0.3, 0.4) is 0 Å². The number of hydrogen-bond acceptors (Lipinski definition) is 3. The molecule has 0 saturated carbocycles. The quantitative estimate of drug-likeness (QED) is 0.759. The Kier molecular flexibility index (Phi) is 3.42. The van der Waals surface area contributed by atoms with Crippen LogP contribution in [0.4, 0.5) is 5.69 Å². The lowest BCUT2D eigenvalue weighted by Gasteiger charge is -2.05. The second kappa shape index (κ2) is 4.77. The van der Waals surface area contributed by atoms with Gasteiger partial charge in [-0.2, -0.15) is 10.5 Å². The van der Waals surface area contributed by atoms with E-state index in [1.54, 1.807) is 13.0 Å². The second-order valence-corrected chi connectivity index (χ2v) is 3.22. The van der Waals surface area contributed by atoms with Gasteiger partial charge in [0.1, 0.15) is 12.1 Å². The molecule has 0 fully saturated rings. The molecular weight excluding hydrogens is 202 g/mol. The van der Waals surface area contributed by atoms with E-state index in [4.69, 9.17) is 10.5 Å². The number of nitrogens with one attached hydrogen (secondary N) is 1. The van der Waals surface area contributed by atoms with Crippen LogP contribution in [0.25, 0.3) is 0 Å². The van der Waals surface area contributed by atoms with Gasteiger partial charge in [-0.3, -0.25) is 4.79 Å². The molecule has 1 amide bonds. The van der Waals surface area contributed by atoms with E-state index in [9.17, 15) is 4.79 Å². The lowest BCUT2D eigenvalue weighted by atomic mass is 10.1. The van der Waals surface area contributed by atoms with Gasteiger partial charge in [0.05, 0.1) is 11.1 Å². The van der Waals surface area contributed by atoms with E-state index < -0.39 is 0 Å². The summed E-state index contributed by atoms with van der Waals surface area (Å²) in [7, 11) is 0. The van der Waals surface area contributed by atoms with Gasteiger partial charge in [-0.1, -0.05) is 6.58 Å². The SMILES string of the molecule is C=C(C)C(=O)Nc1ccc(C#N)c(C#N)c1. The zero-order valence-electron chi connectivity index (χ0n) is 8.74. The molecule has 4 nitrogen and oxygen atoms in total. The number of carbonyl (C=O) groups is 1. The monoisotopic (exact) mass is 211 g/mol. The van der Waals surface area contributed by atoms with Crippen molar-refractivity contribution >= 4 is 11.6 Å². The molecule has 16 heavy (non-hydrogen) atoms. The third-order valence-electron chi connectivity index (χ3n) is 1.91. The molecule has 1 N–H and O–H groups in total. The van der Waals surface area contributed by atoms with Crippen LogP contribution in [-0.4, -0.2) is 5.91 Å². The topological polar surface area (TPSA) is 76.7 Å². The van der Waals surface area contributed by atoms with Crippen molar-refractivity contribution in [1.82, 2.24) is 0 Å². The Morgan fingerprint density at radius 3 is 2.44 bits per heavy atom. The maximum absolute atomic E-state index is 11.3. The van der Waals surface area contributed by atoms with Crippen molar-refractivity contribution in [2.75, 3.05) is 5.32 Å². The molecule has 4 heteroatoms. The first kappa shape index (κ1) is 11.5. The molecule has 0 aliphatic heterocycles. The van der Waals surface area contributed by atoms with Gasteiger partial charge in [0, 0.05) is 11.3 Å². The van der Waals surface area contributed by atoms with Crippen LogP contribution < -0.4 is 5.32 Å². The number of benzene rings is 1. The highest BCUT2D eigenvalue weighted by molar-refractivity contribution is 6.02.